The highest BCUT2D eigenvalue weighted by Gasteiger charge is 2.14. The SMILES string of the molecule is Bc1ccc2cc(/C=C(/c3ccc(N(c4ccccc4)c4ccccc4)cc3)c3cccc(-c4ccccc4)c3)ccc2c1. The van der Waals surface area contributed by atoms with Gasteiger partial charge in [0.2, 0.25) is 0 Å². The van der Waals surface area contributed by atoms with Gasteiger partial charge in [-0.05, 0) is 98.8 Å². The number of para-hydroxylation sites is 2. The molecule has 0 fully saturated rings. The summed E-state index contributed by atoms with van der Waals surface area (Å²) in [4.78, 5) is 2.30. The van der Waals surface area contributed by atoms with Crippen molar-refractivity contribution in [2.75, 3.05) is 4.90 Å². The van der Waals surface area contributed by atoms with Gasteiger partial charge in [-0.25, -0.2) is 0 Å². The second kappa shape index (κ2) is 12.3. The van der Waals surface area contributed by atoms with Crippen LogP contribution in [0.3, 0.4) is 0 Å². The Kier molecular flexibility index (Phi) is 7.64. The Balaban J connectivity index is 1.34. The second-order valence-corrected chi connectivity index (χ2v) is 11.2. The van der Waals surface area contributed by atoms with Crippen LogP contribution in [0.2, 0.25) is 0 Å². The van der Waals surface area contributed by atoms with Gasteiger partial charge in [0.1, 0.15) is 7.85 Å². The van der Waals surface area contributed by atoms with Gasteiger partial charge in [-0.15, -0.1) is 0 Å². The third-order valence-electron chi connectivity index (χ3n) is 8.08. The van der Waals surface area contributed by atoms with Gasteiger partial charge < -0.3 is 4.90 Å². The van der Waals surface area contributed by atoms with Crippen LogP contribution in [0.1, 0.15) is 16.7 Å². The highest BCUT2D eigenvalue weighted by atomic mass is 15.1. The molecule has 0 atom stereocenters. The van der Waals surface area contributed by atoms with E-state index in [-0.39, 0.29) is 0 Å². The number of nitrogens with zero attached hydrogens (tertiary/aromatic N) is 1. The predicted molar refractivity (Wildman–Crippen MR) is 192 cm³/mol. The molecule has 0 N–H and O–H groups in total. The molecule has 44 heavy (non-hydrogen) atoms. The summed E-state index contributed by atoms with van der Waals surface area (Å²) >= 11 is 0. The van der Waals surface area contributed by atoms with E-state index in [1.807, 2.05) is 0 Å². The Bertz CT molecular complexity index is 2010. The molecule has 7 rings (SSSR count). The third-order valence-corrected chi connectivity index (χ3v) is 8.08. The number of benzene rings is 7. The molecule has 0 aliphatic rings. The topological polar surface area (TPSA) is 3.24 Å². The first-order valence-corrected chi connectivity index (χ1v) is 15.1. The number of anilines is 3. The smallest absolute Gasteiger partial charge is 0.139 e. The normalized spacial score (nSPS) is 11.4. The predicted octanol–water partition coefficient (Wildman–Crippen LogP) is 9.82. The van der Waals surface area contributed by atoms with Gasteiger partial charge in [0.25, 0.3) is 0 Å². The van der Waals surface area contributed by atoms with Gasteiger partial charge in [0, 0.05) is 17.1 Å². The average Bonchev–Trinajstić information content (AvgIpc) is 3.09. The van der Waals surface area contributed by atoms with E-state index >= 15 is 0 Å². The summed E-state index contributed by atoms with van der Waals surface area (Å²) in [6, 6.07) is 62.9. The van der Waals surface area contributed by atoms with Gasteiger partial charge in [0.05, 0.1) is 0 Å². The lowest BCUT2D eigenvalue weighted by Gasteiger charge is -2.25. The Morgan fingerprint density at radius 2 is 1.00 bits per heavy atom. The fourth-order valence-corrected chi connectivity index (χ4v) is 5.86. The number of hydrogen-bond acceptors (Lipinski definition) is 1. The Morgan fingerprint density at radius 3 is 1.68 bits per heavy atom. The number of rotatable bonds is 7. The maximum absolute atomic E-state index is 2.32. The summed E-state index contributed by atoms with van der Waals surface area (Å²) in [5.74, 6) is 0. The molecule has 0 aliphatic carbocycles. The van der Waals surface area contributed by atoms with Gasteiger partial charge in [-0.1, -0.05) is 133 Å². The fourth-order valence-electron chi connectivity index (χ4n) is 5.86. The van der Waals surface area contributed by atoms with Crippen LogP contribution in [0.5, 0.6) is 0 Å². The molecule has 0 spiro atoms. The average molecular weight is 562 g/mol. The monoisotopic (exact) mass is 561 g/mol. The first-order valence-electron chi connectivity index (χ1n) is 15.1. The Labute approximate surface area is 260 Å². The molecular formula is C42H32BN. The molecular weight excluding hydrogens is 529 g/mol. The molecule has 0 aliphatic heterocycles. The maximum atomic E-state index is 2.32. The van der Waals surface area contributed by atoms with E-state index in [1.54, 1.807) is 0 Å². The largest absolute Gasteiger partial charge is 0.311 e. The zero-order valence-corrected chi connectivity index (χ0v) is 24.8. The summed E-state index contributed by atoms with van der Waals surface area (Å²) in [5, 5.41) is 2.51. The van der Waals surface area contributed by atoms with E-state index in [0.717, 1.165) is 17.1 Å². The van der Waals surface area contributed by atoms with Crippen LogP contribution >= 0.6 is 0 Å². The van der Waals surface area contributed by atoms with Crippen LogP contribution < -0.4 is 10.4 Å². The van der Waals surface area contributed by atoms with Crippen molar-refractivity contribution in [2.24, 2.45) is 0 Å². The van der Waals surface area contributed by atoms with Gasteiger partial charge >= 0.3 is 0 Å². The zero-order valence-electron chi connectivity index (χ0n) is 24.8. The van der Waals surface area contributed by atoms with Crippen LogP contribution in [-0.2, 0) is 0 Å². The van der Waals surface area contributed by atoms with Crippen LogP contribution in [0.15, 0.2) is 176 Å². The van der Waals surface area contributed by atoms with Crippen molar-refractivity contribution in [3.8, 4) is 11.1 Å². The molecule has 7 aromatic rings. The van der Waals surface area contributed by atoms with Crippen molar-refractivity contribution in [3.05, 3.63) is 193 Å². The van der Waals surface area contributed by atoms with Crippen molar-refractivity contribution in [1.82, 2.24) is 0 Å². The molecule has 0 radical (unpaired) electrons. The molecule has 0 unspecified atom stereocenters. The van der Waals surface area contributed by atoms with Crippen LogP contribution in [-0.4, -0.2) is 7.85 Å². The summed E-state index contributed by atoms with van der Waals surface area (Å²) in [6.45, 7) is 0. The lowest BCUT2D eigenvalue weighted by atomic mass is 9.91. The molecule has 0 heterocycles. The molecule has 1 nitrogen and oxygen atoms in total. The summed E-state index contributed by atoms with van der Waals surface area (Å²) in [6.07, 6.45) is 2.32. The van der Waals surface area contributed by atoms with E-state index in [2.05, 4.69) is 195 Å². The van der Waals surface area contributed by atoms with Gasteiger partial charge in [-0.2, -0.15) is 0 Å². The van der Waals surface area contributed by atoms with E-state index < -0.39 is 0 Å². The van der Waals surface area contributed by atoms with Crippen LogP contribution in [0, 0.1) is 0 Å². The Hall–Kier alpha value is -5.60. The summed E-state index contributed by atoms with van der Waals surface area (Å²) in [7, 11) is 2.14. The minimum Gasteiger partial charge on any atom is -0.311 e. The molecule has 0 amide bonds. The zero-order chi connectivity index (χ0) is 29.7. The molecule has 7 aromatic carbocycles. The highest BCUT2D eigenvalue weighted by molar-refractivity contribution is 6.33. The maximum Gasteiger partial charge on any atom is 0.139 e. The van der Waals surface area contributed by atoms with Gasteiger partial charge in [-0.3, -0.25) is 0 Å². The van der Waals surface area contributed by atoms with E-state index in [9.17, 15) is 0 Å². The standard InChI is InChI=1S/C42H32BN/c43-38-24-21-35-27-31(19-20-36(35)30-38)28-42(37-14-10-13-34(29-37)32-11-4-1-5-12-32)33-22-25-41(26-23-33)44(39-15-6-2-7-16-39)40-17-8-3-9-18-40/h1-30H,43H2/b42-28-. The minimum atomic E-state index is 1.12. The van der Waals surface area contributed by atoms with Gasteiger partial charge in [0.15, 0.2) is 0 Å². The third kappa shape index (κ3) is 5.84. The van der Waals surface area contributed by atoms with E-state index in [1.165, 1.54) is 49.6 Å². The van der Waals surface area contributed by atoms with Crippen LogP contribution in [0.4, 0.5) is 17.1 Å². The van der Waals surface area contributed by atoms with Crippen molar-refractivity contribution < 1.29 is 0 Å². The van der Waals surface area contributed by atoms with Crippen molar-refractivity contribution in [1.29, 1.82) is 0 Å². The van der Waals surface area contributed by atoms with Crippen LogP contribution in [0.25, 0.3) is 33.5 Å². The quantitative estimate of drug-likeness (QED) is 0.138. The van der Waals surface area contributed by atoms with Crippen molar-refractivity contribution in [3.63, 3.8) is 0 Å². The van der Waals surface area contributed by atoms with Crippen molar-refractivity contribution >= 4 is 52.8 Å². The minimum absolute atomic E-state index is 1.12. The first kappa shape index (κ1) is 27.3. The lowest BCUT2D eigenvalue weighted by Crippen LogP contribution is -2.09. The van der Waals surface area contributed by atoms with E-state index in [0.29, 0.717) is 0 Å². The number of hydrogen-bond donors (Lipinski definition) is 0. The molecule has 0 bridgehead atoms. The van der Waals surface area contributed by atoms with Crippen molar-refractivity contribution in [2.45, 2.75) is 0 Å². The number of fused-ring (bicyclic) bond motifs is 1. The highest BCUT2D eigenvalue weighted by Crippen LogP contribution is 2.36. The lowest BCUT2D eigenvalue weighted by molar-refractivity contribution is 1.28. The molecule has 0 aromatic heterocycles. The summed E-state index contributed by atoms with van der Waals surface area (Å²) < 4.78 is 0. The molecule has 208 valence electrons. The summed E-state index contributed by atoms with van der Waals surface area (Å²) in [5.41, 5.74) is 11.8. The molecule has 0 saturated heterocycles. The first-order chi connectivity index (χ1) is 21.7. The molecule has 0 saturated carbocycles. The Morgan fingerprint density at radius 1 is 0.432 bits per heavy atom. The fraction of sp³-hybridized carbons (Fsp3) is 0. The van der Waals surface area contributed by atoms with E-state index in [4.69, 9.17) is 0 Å². The molecule has 2 heteroatoms. The second-order valence-electron chi connectivity index (χ2n) is 11.2.